The van der Waals surface area contributed by atoms with Crippen molar-refractivity contribution >= 4 is 5.91 Å². The van der Waals surface area contributed by atoms with Crippen LogP contribution in [0.3, 0.4) is 0 Å². The number of amides is 1. The Bertz CT molecular complexity index is 572. The molecule has 0 aromatic rings. The van der Waals surface area contributed by atoms with Crippen LogP contribution in [0.4, 0.5) is 0 Å². The number of unbranched alkanes of at least 4 members (excludes halogenated alkanes) is 16. The molecule has 0 aromatic heterocycles. The molecule has 0 aliphatic carbocycles. The highest BCUT2D eigenvalue weighted by molar-refractivity contribution is 5.75. The highest BCUT2D eigenvalue weighted by Crippen LogP contribution is 2.11. The highest BCUT2D eigenvalue weighted by atomic mass is 16.5. The van der Waals surface area contributed by atoms with Crippen LogP contribution in [0.2, 0.25) is 0 Å². The van der Waals surface area contributed by atoms with Crippen LogP contribution < -0.4 is 5.32 Å². The Hall–Kier alpha value is -1.49. The van der Waals surface area contributed by atoms with Crippen LogP contribution >= 0.6 is 0 Å². The van der Waals surface area contributed by atoms with E-state index in [1.165, 1.54) is 83.5 Å². The topological polar surface area (TPSA) is 52.2 Å². The number of carbonyl (C=O) groups excluding carboxylic acids is 1. The molecule has 1 N–H and O–H groups in total. The van der Waals surface area contributed by atoms with Crippen molar-refractivity contribution in [1.29, 1.82) is 0 Å². The summed E-state index contributed by atoms with van der Waals surface area (Å²) in [6.45, 7) is 3.15. The Labute approximate surface area is 205 Å². The van der Waals surface area contributed by atoms with Gasteiger partial charge >= 0.3 is 0 Å². The normalized spacial score (nSPS) is 10.8. The first kappa shape index (κ1) is 31.5. The van der Waals surface area contributed by atoms with E-state index in [0.717, 1.165) is 32.1 Å². The maximum atomic E-state index is 11.7. The number of rotatable bonds is 21. The van der Waals surface area contributed by atoms with Gasteiger partial charge in [0.05, 0.1) is 27.2 Å². The SMILES string of the molecule is CCCCCCCCCCCCC#CC#CCCCCCCCCC(=O)NCC[N+](C)(C)[O-]. The van der Waals surface area contributed by atoms with Gasteiger partial charge in [0.1, 0.15) is 0 Å². The maximum Gasteiger partial charge on any atom is 0.220 e. The minimum Gasteiger partial charge on any atom is -0.633 e. The Kier molecular flexibility index (Phi) is 22.6. The van der Waals surface area contributed by atoms with E-state index < -0.39 is 0 Å². The predicted octanol–water partition coefficient (Wildman–Crippen LogP) is 7.12. The molecule has 0 bridgehead atoms. The standard InChI is InChI=1S/C29H52N2O2/c1-4-5-6-7-8-9-10-11-12-13-14-15-16-17-18-19-20-21-22-23-24-25-26-29(32)30-27-28-31(2,3)33/h4-14,19-28H2,1-3H3,(H,30,32). The monoisotopic (exact) mass is 460 g/mol. The van der Waals surface area contributed by atoms with Crippen molar-refractivity contribution in [3.8, 4) is 23.7 Å². The third kappa shape index (κ3) is 28.5. The molecule has 0 aliphatic rings. The molecule has 0 fully saturated rings. The molecule has 0 saturated carbocycles. The smallest absolute Gasteiger partial charge is 0.220 e. The van der Waals surface area contributed by atoms with E-state index in [-0.39, 0.29) is 10.6 Å². The van der Waals surface area contributed by atoms with E-state index >= 15 is 0 Å². The summed E-state index contributed by atoms with van der Waals surface area (Å²) >= 11 is 0. The number of likely N-dealkylation sites (N-methyl/N-ethyl adjacent to an activating group) is 1. The fourth-order valence-corrected chi connectivity index (χ4v) is 3.67. The second kappa shape index (κ2) is 23.7. The zero-order chi connectivity index (χ0) is 24.5. The van der Waals surface area contributed by atoms with Gasteiger partial charge in [-0.3, -0.25) is 4.79 Å². The highest BCUT2D eigenvalue weighted by Gasteiger charge is 2.04. The van der Waals surface area contributed by atoms with Crippen LogP contribution in [0, 0.1) is 28.9 Å². The van der Waals surface area contributed by atoms with Crippen LogP contribution in [-0.2, 0) is 4.79 Å². The second-order valence-corrected chi connectivity index (χ2v) is 9.80. The summed E-state index contributed by atoms with van der Waals surface area (Å²) in [6.07, 6.45) is 22.9. The van der Waals surface area contributed by atoms with Crippen molar-refractivity contribution in [2.24, 2.45) is 0 Å². The summed E-state index contributed by atoms with van der Waals surface area (Å²) in [4.78, 5) is 11.7. The van der Waals surface area contributed by atoms with E-state index in [2.05, 4.69) is 35.9 Å². The molecular formula is C29H52N2O2. The molecule has 0 atom stereocenters. The van der Waals surface area contributed by atoms with Crippen LogP contribution in [0.15, 0.2) is 0 Å². The van der Waals surface area contributed by atoms with Gasteiger partial charge < -0.3 is 15.2 Å². The van der Waals surface area contributed by atoms with Gasteiger partial charge in [0.2, 0.25) is 5.91 Å². The second-order valence-electron chi connectivity index (χ2n) is 9.80. The van der Waals surface area contributed by atoms with Crippen molar-refractivity contribution < 1.29 is 9.44 Å². The number of hydrogen-bond acceptors (Lipinski definition) is 2. The summed E-state index contributed by atoms with van der Waals surface area (Å²) in [5, 5.41) is 14.2. The van der Waals surface area contributed by atoms with Gasteiger partial charge in [0.25, 0.3) is 0 Å². The van der Waals surface area contributed by atoms with Gasteiger partial charge in [-0.25, -0.2) is 0 Å². The summed E-state index contributed by atoms with van der Waals surface area (Å²) < 4.78 is -0.364. The molecule has 0 heterocycles. The third-order valence-corrected chi connectivity index (χ3v) is 5.82. The third-order valence-electron chi connectivity index (χ3n) is 5.82. The van der Waals surface area contributed by atoms with Crippen molar-refractivity contribution in [1.82, 2.24) is 5.32 Å². The quantitative estimate of drug-likeness (QED) is 0.0858. The summed E-state index contributed by atoms with van der Waals surface area (Å²) in [5.41, 5.74) is 0. The maximum absolute atomic E-state index is 11.7. The van der Waals surface area contributed by atoms with Crippen molar-refractivity contribution in [2.75, 3.05) is 27.2 Å². The Morgan fingerprint density at radius 3 is 1.58 bits per heavy atom. The molecule has 0 unspecified atom stereocenters. The van der Waals surface area contributed by atoms with E-state index in [1.54, 1.807) is 14.1 Å². The molecule has 4 heteroatoms. The van der Waals surface area contributed by atoms with Crippen LogP contribution in [-0.4, -0.2) is 37.7 Å². The molecule has 0 aromatic carbocycles. The zero-order valence-electron chi connectivity index (χ0n) is 22.1. The number of nitrogens with one attached hydrogen (secondary N) is 1. The molecule has 0 radical (unpaired) electrons. The van der Waals surface area contributed by atoms with Crippen LogP contribution in [0.25, 0.3) is 0 Å². The van der Waals surface area contributed by atoms with E-state index in [4.69, 9.17) is 0 Å². The van der Waals surface area contributed by atoms with Crippen molar-refractivity contribution in [3.05, 3.63) is 5.21 Å². The number of hydroxylamine groups is 3. The molecule has 0 aliphatic heterocycles. The van der Waals surface area contributed by atoms with Gasteiger partial charge in [0, 0.05) is 19.3 Å². The number of nitrogens with zero attached hydrogens (tertiary/aromatic N) is 1. The van der Waals surface area contributed by atoms with Gasteiger partial charge in [-0.05, 0) is 31.1 Å². The molecule has 4 nitrogen and oxygen atoms in total. The largest absolute Gasteiger partial charge is 0.633 e. The summed E-state index contributed by atoms with van der Waals surface area (Å²) in [6, 6.07) is 0. The molecule has 0 rings (SSSR count). The van der Waals surface area contributed by atoms with Gasteiger partial charge in [-0.2, -0.15) is 0 Å². The first-order valence-corrected chi connectivity index (χ1v) is 13.7. The lowest BCUT2D eigenvalue weighted by Gasteiger charge is -2.33. The Morgan fingerprint density at radius 2 is 1.12 bits per heavy atom. The number of quaternary nitrogens is 1. The van der Waals surface area contributed by atoms with E-state index in [0.29, 0.717) is 19.5 Å². The van der Waals surface area contributed by atoms with E-state index in [1.807, 2.05) is 0 Å². The Morgan fingerprint density at radius 1 is 0.697 bits per heavy atom. The molecular weight excluding hydrogens is 408 g/mol. The summed E-state index contributed by atoms with van der Waals surface area (Å²) in [7, 11) is 3.18. The molecule has 33 heavy (non-hydrogen) atoms. The molecule has 1 amide bonds. The van der Waals surface area contributed by atoms with Crippen molar-refractivity contribution in [3.63, 3.8) is 0 Å². The fourth-order valence-electron chi connectivity index (χ4n) is 3.67. The first-order chi connectivity index (χ1) is 16.0. The minimum absolute atomic E-state index is 0.0630. The summed E-state index contributed by atoms with van der Waals surface area (Å²) in [5.74, 6) is 12.4. The van der Waals surface area contributed by atoms with Gasteiger partial charge in [0.15, 0.2) is 0 Å². The van der Waals surface area contributed by atoms with Crippen LogP contribution in [0.1, 0.15) is 129 Å². The molecule has 190 valence electrons. The number of carbonyl (C=O) groups is 1. The lowest BCUT2D eigenvalue weighted by molar-refractivity contribution is -0.838. The predicted molar refractivity (Wildman–Crippen MR) is 142 cm³/mol. The lowest BCUT2D eigenvalue weighted by atomic mass is 10.1. The minimum atomic E-state index is -0.364. The van der Waals surface area contributed by atoms with Gasteiger partial charge in [-0.1, -0.05) is 102 Å². The van der Waals surface area contributed by atoms with E-state index in [9.17, 15) is 10.0 Å². The van der Waals surface area contributed by atoms with Gasteiger partial charge in [-0.15, -0.1) is 0 Å². The lowest BCUT2D eigenvalue weighted by Crippen LogP contribution is -2.40. The molecule has 0 saturated heterocycles. The Balaban J connectivity index is 3.34. The number of hydrogen-bond donors (Lipinski definition) is 1. The first-order valence-electron chi connectivity index (χ1n) is 13.7. The zero-order valence-corrected chi connectivity index (χ0v) is 22.1. The van der Waals surface area contributed by atoms with Crippen molar-refractivity contribution in [2.45, 2.75) is 129 Å². The fraction of sp³-hybridized carbons (Fsp3) is 0.828. The molecule has 0 spiro atoms. The average molecular weight is 461 g/mol. The average Bonchev–Trinajstić information content (AvgIpc) is 2.76. The van der Waals surface area contributed by atoms with Crippen LogP contribution in [0.5, 0.6) is 0 Å².